The number of rotatable bonds is 9. The number of hydrogen-bond acceptors (Lipinski definition) is 3. The molecule has 0 aromatic carbocycles. The van der Waals surface area contributed by atoms with E-state index >= 15 is 0 Å². The molecule has 1 aliphatic carbocycles. The molecule has 1 aromatic heterocycles. The highest BCUT2D eigenvalue weighted by molar-refractivity contribution is 7.10. The molecule has 0 spiro atoms. The third kappa shape index (κ3) is 6.15. The van der Waals surface area contributed by atoms with Crippen LogP contribution >= 0.6 is 11.3 Å². The average Bonchev–Trinajstić information content (AvgIpc) is 3.16. The summed E-state index contributed by atoms with van der Waals surface area (Å²) in [6.07, 6.45) is 2.69. The van der Waals surface area contributed by atoms with E-state index in [-0.39, 0.29) is 5.41 Å². The Balaban J connectivity index is 1.84. The molecule has 0 saturated heterocycles. The summed E-state index contributed by atoms with van der Waals surface area (Å²) in [6, 6.07) is 4.31. The lowest BCUT2D eigenvalue weighted by Crippen LogP contribution is -2.41. The first-order valence-corrected chi connectivity index (χ1v) is 9.52. The molecule has 0 unspecified atom stereocenters. The fourth-order valence-corrected chi connectivity index (χ4v) is 3.17. The third-order valence-electron chi connectivity index (χ3n) is 4.13. The number of thiophene rings is 1. The summed E-state index contributed by atoms with van der Waals surface area (Å²) in [7, 11) is 2.08. The van der Waals surface area contributed by atoms with Crippen molar-refractivity contribution in [1.82, 2.24) is 10.2 Å². The van der Waals surface area contributed by atoms with E-state index < -0.39 is 0 Å². The number of ether oxygens (including phenoxy) is 1. The zero-order chi connectivity index (χ0) is 16.7. The Hall–Kier alpha value is -1.07. The average molecular weight is 338 g/mol. The molecule has 1 aliphatic rings. The summed E-state index contributed by atoms with van der Waals surface area (Å²) in [4.78, 5) is 8.40. The predicted octanol–water partition coefficient (Wildman–Crippen LogP) is 3.35. The van der Waals surface area contributed by atoms with E-state index in [9.17, 15) is 0 Å². The SMILES string of the molecule is CCNC(=NCC(C)(C)c1cccs1)N(C)CCOCC1CC1. The van der Waals surface area contributed by atoms with E-state index in [4.69, 9.17) is 9.73 Å². The second-order valence-corrected chi connectivity index (χ2v) is 7.92. The van der Waals surface area contributed by atoms with Gasteiger partial charge in [0.15, 0.2) is 5.96 Å². The molecule has 0 amide bonds. The second-order valence-electron chi connectivity index (χ2n) is 6.97. The second kappa shape index (κ2) is 8.69. The monoisotopic (exact) mass is 337 g/mol. The Labute approximate surface area is 144 Å². The molecule has 1 saturated carbocycles. The minimum atomic E-state index is 0.0676. The normalized spacial score (nSPS) is 15.7. The number of likely N-dealkylation sites (N-methyl/N-ethyl adjacent to an activating group) is 1. The smallest absolute Gasteiger partial charge is 0.193 e. The largest absolute Gasteiger partial charge is 0.379 e. The zero-order valence-corrected chi connectivity index (χ0v) is 15.8. The molecule has 2 rings (SSSR count). The van der Waals surface area contributed by atoms with Gasteiger partial charge in [-0.05, 0) is 37.1 Å². The maximum atomic E-state index is 5.74. The van der Waals surface area contributed by atoms with Crippen molar-refractivity contribution in [1.29, 1.82) is 0 Å². The number of nitrogens with zero attached hydrogens (tertiary/aromatic N) is 2. The van der Waals surface area contributed by atoms with E-state index in [0.717, 1.165) is 44.7 Å². The summed E-state index contributed by atoms with van der Waals surface area (Å²) in [5, 5.41) is 5.52. The van der Waals surface area contributed by atoms with Gasteiger partial charge in [0.1, 0.15) is 0 Å². The van der Waals surface area contributed by atoms with Crippen LogP contribution in [0.3, 0.4) is 0 Å². The summed E-state index contributed by atoms with van der Waals surface area (Å²) in [6.45, 7) is 10.8. The molecule has 130 valence electrons. The molecule has 0 aliphatic heterocycles. The first kappa shape index (κ1) is 18.3. The van der Waals surface area contributed by atoms with Gasteiger partial charge in [-0.2, -0.15) is 0 Å². The molecule has 5 heteroatoms. The minimum absolute atomic E-state index is 0.0676. The quantitative estimate of drug-likeness (QED) is 0.426. The molecule has 1 fully saturated rings. The summed E-state index contributed by atoms with van der Waals surface area (Å²) in [5.41, 5.74) is 0.0676. The van der Waals surface area contributed by atoms with Crippen molar-refractivity contribution in [3.8, 4) is 0 Å². The molecular formula is C18H31N3OS. The van der Waals surface area contributed by atoms with Crippen LogP contribution in [0.1, 0.15) is 38.5 Å². The van der Waals surface area contributed by atoms with Crippen molar-refractivity contribution in [2.75, 3.05) is 39.9 Å². The van der Waals surface area contributed by atoms with Gasteiger partial charge in [-0.25, -0.2) is 0 Å². The summed E-state index contributed by atoms with van der Waals surface area (Å²) in [5.74, 6) is 1.79. The topological polar surface area (TPSA) is 36.9 Å². The standard InChI is InChI=1S/C18H31N3OS/c1-5-19-17(21(4)10-11-22-13-15-8-9-15)20-14-18(2,3)16-7-6-12-23-16/h6-7,12,15H,5,8-11,13-14H2,1-4H3,(H,19,20). The fourth-order valence-electron chi connectivity index (χ4n) is 2.33. The van der Waals surface area contributed by atoms with Gasteiger partial charge in [0.05, 0.1) is 13.2 Å². The molecular weight excluding hydrogens is 306 g/mol. The zero-order valence-electron chi connectivity index (χ0n) is 15.0. The molecule has 1 N–H and O–H groups in total. The van der Waals surface area contributed by atoms with E-state index in [1.807, 2.05) is 0 Å². The van der Waals surface area contributed by atoms with Crippen molar-refractivity contribution in [3.05, 3.63) is 22.4 Å². The van der Waals surface area contributed by atoms with Crippen molar-refractivity contribution in [2.24, 2.45) is 10.9 Å². The Bertz CT molecular complexity index is 480. The highest BCUT2D eigenvalue weighted by Gasteiger charge is 2.22. The lowest BCUT2D eigenvalue weighted by Gasteiger charge is -2.25. The van der Waals surface area contributed by atoms with Crippen LogP contribution in [0.2, 0.25) is 0 Å². The van der Waals surface area contributed by atoms with E-state index in [2.05, 4.69) is 55.5 Å². The fraction of sp³-hybridized carbons (Fsp3) is 0.722. The van der Waals surface area contributed by atoms with Gasteiger partial charge >= 0.3 is 0 Å². The Kier molecular flexibility index (Phi) is 6.90. The van der Waals surface area contributed by atoms with Crippen LogP contribution in [-0.2, 0) is 10.2 Å². The molecule has 0 bridgehead atoms. The Morgan fingerprint density at radius 3 is 2.87 bits per heavy atom. The van der Waals surface area contributed by atoms with Gasteiger partial charge in [-0.3, -0.25) is 4.99 Å². The van der Waals surface area contributed by atoms with E-state index in [1.54, 1.807) is 11.3 Å². The Morgan fingerprint density at radius 2 is 2.26 bits per heavy atom. The molecule has 1 aromatic rings. The van der Waals surface area contributed by atoms with Crippen LogP contribution in [0.4, 0.5) is 0 Å². The van der Waals surface area contributed by atoms with Gasteiger partial charge in [0.25, 0.3) is 0 Å². The van der Waals surface area contributed by atoms with Crippen molar-refractivity contribution >= 4 is 17.3 Å². The maximum Gasteiger partial charge on any atom is 0.193 e. The molecule has 23 heavy (non-hydrogen) atoms. The Morgan fingerprint density at radius 1 is 1.48 bits per heavy atom. The molecule has 0 radical (unpaired) electrons. The molecule has 0 atom stereocenters. The van der Waals surface area contributed by atoms with Crippen molar-refractivity contribution in [2.45, 2.75) is 39.0 Å². The lowest BCUT2D eigenvalue weighted by molar-refractivity contribution is 0.115. The first-order chi connectivity index (χ1) is 11.0. The number of guanidine groups is 1. The van der Waals surface area contributed by atoms with Crippen LogP contribution in [0, 0.1) is 5.92 Å². The van der Waals surface area contributed by atoms with Crippen LogP contribution in [0.5, 0.6) is 0 Å². The maximum absolute atomic E-state index is 5.74. The molecule has 1 heterocycles. The van der Waals surface area contributed by atoms with Gasteiger partial charge in [0.2, 0.25) is 0 Å². The van der Waals surface area contributed by atoms with Crippen LogP contribution < -0.4 is 5.32 Å². The number of nitrogens with one attached hydrogen (secondary N) is 1. The van der Waals surface area contributed by atoms with E-state index in [0.29, 0.717) is 0 Å². The minimum Gasteiger partial charge on any atom is -0.379 e. The highest BCUT2D eigenvalue weighted by atomic mass is 32.1. The van der Waals surface area contributed by atoms with Gasteiger partial charge < -0.3 is 15.0 Å². The van der Waals surface area contributed by atoms with Crippen LogP contribution in [-0.4, -0.2) is 50.8 Å². The molecule has 4 nitrogen and oxygen atoms in total. The van der Waals surface area contributed by atoms with Crippen LogP contribution in [0.15, 0.2) is 22.5 Å². The first-order valence-electron chi connectivity index (χ1n) is 8.64. The van der Waals surface area contributed by atoms with Crippen molar-refractivity contribution in [3.63, 3.8) is 0 Å². The summed E-state index contributed by atoms with van der Waals surface area (Å²) < 4.78 is 5.74. The van der Waals surface area contributed by atoms with Gasteiger partial charge in [0, 0.05) is 37.0 Å². The van der Waals surface area contributed by atoms with Crippen LogP contribution in [0.25, 0.3) is 0 Å². The van der Waals surface area contributed by atoms with Gasteiger partial charge in [-0.15, -0.1) is 11.3 Å². The van der Waals surface area contributed by atoms with Crippen molar-refractivity contribution < 1.29 is 4.74 Å². The third-order valence-corrected chi connectivity index (χ3v) is 5.37. The summed E-state index contributed by atoms with van der Waals surface area (Å²) >= 11 is 1.81. The number of aliphatic imine (C=N–C) groups is 1. The van der Waals surface area contributed by atoms with E-state index in [1.165, 1.54) is 17.7 Å². The van der Waals surface area contributed by atoms with Gasteiger partial charge in [-0.1, -0.05) is 19.9 Å². The lowest BCUT2D eigenvalue weighted by atomic mass is 9.92. The predicted molar refractivity (Wildman–Crippen MR) is 99.5 cm³/mol. The number of hydrogen-bond donors (Lipinski definition) is 1. The highest BCUT2D eigenvalue weighted by Crippen LogP contribution is 2.29.